The Morgan fingerprint density at radius 2 is 1.91 bits per heavy atom. The Labute approximate surface area is 133 Å². The van der Waals surface area contributed by atoms with E-state index in [1.165, 1.54) is 0 Å². The van der Waals surface area contributed by atoms with Gasteiger partial charge in [-0.1, -0.05) is 30.3 Å². The first-order valence-corrected chi connectivity index (χ1v) is 8.45. The van der Waals surface area contributed by atoms with Gasteiger partial charge in [-0.25, -0.2) is 4.98 Å². The van der Waals surface area contributed by atoms with Gasteiger partial charge in [0.25, 0.3) is 5.69 Å². The smallest absolute Gasteiger partial charge is 0.295 e. The van der Waals surface area contributed by atoms with E-state index in [0.29, 0.717) is 5.69 Å². The molecule has 0 spiro atoms. The van der Waals surface area contributed by atoms with Crippen LogP contribution in [0.4, 0.5) is 11.5 Å². The van der Waals surface area contributed by atoms with Crippen LogP contribution in [0.5, 0.6) is 0 Å². The summed E-state index contributed by atoms with van der Waals surface area (Å²) in [5.74, 6) is 3.06. The molecule has 0 amide bonds. The molecule has 1 aliphatic rings. The number of hydrogen-bond acceptors (Lipinski definition) is 5. The predicted octanol–water partition coefficient (Wildman–Crippen LogP) is 3.60. The molecule has 6 heteroatoms. The quantitative estimate of drug-likeness (QED) is 0.640. The molecule has 22 heavy (non-hydrogen) atoms. The van der Waals surface area contributed by atoms with Gasteiger partial charge in [0.15, 0.2) is 5.69 Å². The predicted molar refractivity (Wildman–Crippen MR) is 90.5 cm³/mol. The number of anilines is 1. The molecule has 0 saturated carbocycles. The molecular weight excluding hydrogens is 298 g/mol. The van der Waals surface area contributed by atoms with E-state index in [2.05, 4.69) is 9.88 Å². The van der Waals surface area contributed by atoms with Gasteiger partial charge >= 0.3 is 0 Å². The maximum absolute atomic E-state index is 11.3. The fourth-order valence-corrected chi connectivity index (χ4v) is 3.44. The minimum Gasteiger partial charge on any atom is -0.356 e. The molecule has 1 fully saturated rings. The van der Waals surface area contributed by atoms with Crippen molar-refractivity contribution in [3.8, 4) is 11.3 Å². The molecule has 2 aromatic rings. The van der Waals surface area contributed by atoms with E-state index in [0.717, 1.165) is 42.4 Å². The minimum absolute atomic E-state index is 0.0548. The van der Waals surface area contributed by atoms with Crippen molar-refractivity contribution in [1.29, 1.82) is 0 Å². The normalized spacial score (nSPS) is 15.4. The Morgan fingerprint density at radius 1 is 1.09 bits per heavy atom. The molecule has 1 aromatic heterocycles. The zero-order chi connectivity index (χ0) is 15.4. The molecule has 1 saturated heterocycles. The van der Waals surface area contributed by atoms with Crippen LogP contribution in [0.1, 0.15) is 6.42 Å². The number of thioether (sulfide) groups is 1. The van der Waals surface area contributed by atoms with Crippen LogP contribution >= 0.6 is 11.8 Å². The third kappa shape index (κ3) is 3.22. The summed E-state index contributed by atoms with van der Waals surface area (Å²) in [6.07, 6.45) is 1.12. The lowest BCUT2D eigenvalue weighted by atomic mass is 10.1. The monoisotopic (exact) mass is 315 g/mol. The van der Waals surface area contributed by atoms with E-state index in [1.807, 2.05) is 42.1 Å². The van der Waals surface area contributed by atoms with Crippen molar-refractivity contribution in [2.45, 2.75) is 6.42 Å². The highest BCUT2D eigenvalue weighted by Gasteiger charge is 2.20. The van der Waals surface area contributed by atoms with Crippen LogP contribution < -0.4 is 4.90 Å². The second-order valence-corrected chi connectivity index (χ2v) is 6.34. The Morgan fingerprint density at radius 3 is 2.68 bits per heavy atom. The topological polar surface area (TPSA) is 59.3 Å². The van der Waals surface area contributed by atoms with Crippen LogP contribution in [0.2, 0.25) is 0 Å². The van der Waals surface area contributed by atoms with E-state index < -0.39 is 0 Å². The Kier molecular flexibility index (Phi) is 4.58. The van der Waals surface area contributed by atoms with Crippen LogP contribution in [-0.4, -0.2) is 34.5 Å². The highest BCUT2D eigenvalue weighted by atomic mass is 32.2. The van der Waals surface area contributed by atoms with Crippen LogP contribution in [0.15, 0.2) is 42.5 Å². The number of rotatable bonds is 3. The van der Waals surface area contributed by atoms with Gasteiger partial charge in [-0.2, -0.15) is 11.8 Å². The number of nitro groups is 1. The molecule has 2 heterocycles. The largest absolute Gasteiger partial charge is 0.356 e. The van der Waals surface area contributed by atoms with Gasteiger partial charge in [-0.05, 0) is 18.2 Å². The van der Waals surface area contributed by atoms with E-state index in [4.69, 9.17) is 0 Å². The molecule has 114 valence electrons. The van der Waals surface area contributed by atoms with E-state index in [1.54, 1.807) is 12.1 Å². The number of benzene rings is 1. The molecule has 0 aliphatic carbocycles. The molecule has 0 N–H and O–H groups in total. The number of nitrogens with zero attached hydrogens (tertiary/aromatic N) is 3. The van der Waals surface area contributed by atoms with Gasteiger partial charge in [0.1, 0.15) is 5.82 Å². The number of pyridine rings is 1. The minimum atomic E-state index is -0.364. The van der Waals surface area contributed by atoms with Crippen molar-refractivity contribution in [1.82, 2.24) is 4.98 Å². The summed E-state index contributed by atoms with van der Waals surface area (Å²) in [6, 6.07) is 12.7. The van der Waals surface area contributed by atoms with Gasteiger partial charge in [-0.3, -0.25) is 10.1 Å². The summed E-state index contributed by atoms with van der Waals surface area (Å²) in [6.45, 7) is 1.88. The van der Waals surface area contributed by atoms with Crippen LogP contribution in [-0.2, 0) is 0 Å². The number of aromatic nitrogens is 1. The Hall–Kier alpha value is -2.08. The van der Waals surface area contributed by atoms with Crippen molar-refractivity contribution < 1.29 is 4.92 Å². The summed E-state index contributed by atoms with van der Waals surface area (Å²) < 4.78 is 0. The second kappa shape index (κ2) is 6.79. The molecular formula is C16H17N3O2S. The standard InChI is InChI=1S/C16H17N3O2S/c20-19(21)14-7-8-15(18-9-4-11-22-12-10-18)17-16(14)13-5-2-1-3-6-13/h1-3,5-8H,4,9-12H2. The molecule has 0 radical (unpaired) electrons. The summed E-state index contributed by atoms with van der Waals surface area (Å²) in [7, 11) is 0. The molecule has 0 bridgehead atoms. The van der Waals surface area contributed by atoms with E-state index >= 15 is 0 Å². The van der Waals surface area contributed by atoms with Gasteiger partial charge in [-0.15, -0.1) is 0 Å². The van der Waals surface area contributed by atoms with Crippen molar-refractivity contribution in [2.75, 3.05) is 29.5 Å². The highest BCUT2D eigenvalue weighted by Crippen LogP contribution is 2.30. The summed E-state index contributed by atoms with van der Waals surface area (Å²) >= 11 is 1.95. The Bertz CT molecular complexity index is 656. The maximum Gasteiger partial charge on any atom is 0.295 e. The first kappa shape index (κ1) is 14.8. The molecule has 0 atom stereocenters. The molecule has 1 aliphatic heterocycles. The molecule has 3 rings (SSSR count). The van der Waals surface area contributed by atoms with Crippen LogP contribution in [0.25, 0.3) is 11.3 Å². The number of hydrogen-bond donors (Lipinski definition) is 0. The van der Waals surface area contributed by atoms with Crippen molar-refractivity contribution in [3.05, 3.63) is 52.6 Å². The fourth-order valence-electron chi connectivity index (χ4n) is 2.55. The zero-order valence-electron chi connectivity index (χ0n) is 12.1. The van der Waals surface area contributed by atoms with E-state index in [-0.39, 0.29) is 10.6 Å². The summed E-state index contributed by atoms with van der Waals surface area (Å²) in [5, 5.41) is 11.3. The SMILES string of the molecule is O=[N+]([O-])c1ccc(N2CCCSCC2)nc1-c1ccccc1. The lowest BCUT2D eigenvalue weighted by Gasteiger charge is -2.21. The average molecular weight is 315 g/mol. The molecule has 1 aromatic carbocycles. The fraction of sp³-hybridized carbons (Fsp3) is 0.312. The Balaban J connectivity index is 2.02. The van der Waals surface area contributed by atoms with Gasteiger partial charge in [0.2, 0.25) is 0 Å². The summed E-state index contributed by atoms with van der Waals surface area (Å²) in [4.78, 5) is 17.7. The molecule has 0 unspecified atom stereocenters. The van der Waals surface area contributed by atoms with Gasteiger partial charge < -0.3 is 4.90 Å². The molecule has 5 nitrogen and oxygen atoms in total. The lowest BCUT2D eigenvalue weighted by molar-refractivity contribution is -0.384. The summed E-state index contributed by atoms with van der Waals surface area (Å²) in [5.41, 5.74) is 1.28. The van der Waals surface area contributed by atoms with Crippen molar-refractivity contribution >= 4 is 23.3 Å². The van der Waals surface area contributed by atoms with Gasteiger partial charge in [0, 0.05) is 30.5 Å². The highest BCUT2D eigenvalue weighted by molar-refractivity contribution is 7.99. The zero-order valence-corrected chi connectivity index (χ0v) is 13.0. The first-order chi connectivity index (χ1) is 10.8. The third-order valence-corrected chi connectivity index (χ3v) is 4.70. The van der Waals surface area contributed by atoms with Crippen molar-refractivity contribution in [3.63, 3.8) is 0 Å². The van der Waals surface area contributed by atoms with Crippen LogP contribution in [0, 0.1) is 10.1 Å². The maximum atomic E-state index is 11.3. The van der Waals surface area contributed by atoms with Crippen LogP contribution in [0.3, 0.4) is 0 Å². The third-order valence-electron chi connectivity index (χ3n) is 3.65. The first-order valence-electron chi connectivity index (χ1n) is 7.29. The lowest BCUT2D eigenvalue weighted by Crippen LogP contribution is -2.26. The van der Waals surface area contributed by atoms with E-state index in [9.17, 15) is 10.1 Å². The second-order valence-electron chi connectivity index (χ2n) is 5.11. The van der Waals surface area contributed by atoms with Gasteiger partial charge in [0.05, 0.1) is 4.92 Å². The van der Waals surface area contributed by atoms with Crippen molar-refractivity contribution in [2.24, 2.45) is 0 Å². The average Bonchev–Trinajstić information content (AvgIpc) is 2.84.